The summed E-state index contributed by atoms with van der Waals surface area (Å²) in [5.74, 6) is 0.810. The Bertz CT molecular complexity index is 1740. The summed E-state index contributed by atoms with van der Waals surface area (Å²) in [5, 5.41) is 6.97. The number of benzene rings is 2. The van der Waals surface area contributed by atoms with E-state index in [1.807, 2.05) is 55.0 Å². The fraction of sp³-hybridized carbons (Fsp3) is 0.561. The largest absolute Gasteiger partial charge is 0.493 e. The van der Waals surface area contributed by atoms with Crippen molar-refractivity contribution in [2.45, 2.75) is 71.5 Å². The summed E-state index contributed by atoms with van der Waals surface area (Å²) in [6.45, 7) is 8.67. The lowest BCUT2D eigenvalue weighted by atomic mass is 9.79. The molecule has 3 unspecified atom stereocenters. The number of halogens is 1. The summed E-state index contributed by atoms with van der Waals surface area (Å²) < 4.78 is 17.5. The van der Waals surface area contributed by atoms with Crippen molar-refractivity contribution in [3.8, 4) is 11.5 Å². The molecule has 294 valence electrons. The second kappa shape index (κ2) is 19.3. The maximum atomic E-state index is 13.9. The minimum Gasteiger partial charge on any atom is -0.493 e. The summed E-state index contributed by atoms with van der Waals surface area (Å²) in [6.07, 6.45) is 8.76. The lowest BCUT2D eigenvalue weighted by Gasteiger charge is -2.39. The Labute approximate surface area is 323 Å². The number of nitrogens with zero attached hydrogens (tertiary/aromatic N) is 2. The standard InChI is InChI=1S/C39H51ClN4O6.C2H5NO/c1-24(2)50-35-13-10-27(14-36(35)48-4)39(47)44-20-29-19-43(37(45)15-28-18-41-34-16-30(40)11-12-31(28)34)22-33(32(29)21-44)38(46)42-17-25(3)49-23-26-8-6-5-7-9-26;1-3-2-4/h10-14,16,18,24-26,29,32-33,41H,5-9,15,17,19-23H2,1-4H3,(H,42,46);2H,1H3,(H,3,4)/t25-,29?,32?,33?;/m1./s1. The van der Waals surface area contributed by atoms with Crippen molar-refractivity contribution < 1.29 is 33.4 Å². The highest BCUT2D eigenvalue weighted by molar-refractivity contribution is 6.31. The number of carbonyl (C=O) groups excluding carboxylic acids is 4. The van der Waals surface area contributed by atoms with Crippen LogP contribution in [-0.2, 0) is 25.5 Å². The quantitative estimate of drug-likeness (QED) is 0.196. The van der Waals surface area contributed by atoms with Gasteiger partial charge in [0.25, 0.3) is 5.91 Å². The van der Waals surface area contributed by atoms with E-state index in [-0.39, 0.29) is 48.2 Å². The van der Waals surface area contributed by atoms with E-state index in [1.54, 1.807) is 32.4 Å². The zero-order chi connectivity index (χ0) is 38.8. The van der Waals surface area contributed by atoms with E-state index >= 15 is 0 Å². The van der Waals surface area contributed by atoms with Crippen LogP contribution < -0.4 is 20.1 Å². The fourth-order valence-electron chi connectivity index (χ4n) is 7.93. The van der Waals surface area contributed by atoms with Gasteiger partial charge in [-0.2, -0.15) is 0 Å². The second-order valence-corrected chi connectivity index (χ2v) is 15.5. The predicted molar refractivity (Wildman–Crippen MR) is 209 cm³/mol. The smallest absolute Gasteiger partial charge is 0.254 e. The molecule has 3 heterocycles. The molecule has 1 aromatic heterocycles. The number of aromatic amines is 1. The van der Waals surface area contributed by atoms with Gasteiger partial charge in [-0.3, -0.25) is 19.2 Å². The molecule has 4 amide bonds. The number of H-pyrrole nitrogens is 1. The minimum absolute atomic E-state index is 0.0400. The summed E-state index contributed by atoms with van der Waals surface area (Å²) in [4.78, 5) is 57.6. The van der Waals surface area contributed by atoms with Crippen LogP contribution in [0.3, 0.4) is 0 Å². The zero-order valence-corrected chi connectivity index (χ0v) is 33.0. The van der Waals surface area contributed by atoms with Crippen molar-refractivity contribution in [2.75, 3.05) is 53.5 Å². The van der Waals surface area contributed by atoms with Crippen molar-refractivity contribution in [3.63, 3.8) is 0 Å². The van der Waals surface area contributed by atoms with Gasteiger partial charge in [0.2, 0.25) is 18.2 Å². The minimum atomic E-state index is -0.459. The van der Waals surface area contributed by atoms with Crippen LogP contribution >= 0.6 is 11.6 Å². The molecule has 3 aliphatic rings. The second-order valence-electron chi connectivity index (χ2n) is 15.1. The number of ether oxygens (including phenoxy) is 3. The highest BCUT2D eigenvalue weighted by atomic mass is 35.5. The van der Waals surface area contributed by atoms with Crippen LogP contribution in [0.1, 0.15) is 68.8 Å². The Kier molecular flexibility index (Phi) is 14.6. The molecule has 1 aliphatic carbocycles. The van der Waals surface area contributed by atoms with E-state index in [1.165, 1.54) is 32.1 Å². The Morgan fingerprint density at radius 2 is 1.72 bits per heavy atom. The summed E-state index contributed by atoms with van der Waals surface area (Å²) in [5.41, 5.74) is 2.26. The number of hydrogen-bond donors (Lipinski definition) is 3. The van der Waals surface area contributed by atoms with Gasteiger partial charge in [0.15, 0.2) is 11.5 Å². The van der Waals surface area contributed by atoms with Gasteiger partial charge in [0.05, 0.1) is 31.7 Å². The highest BCUT2D eigenvalue weighted by Gasteiger charge is 2.48. The maximum absolute atomic E-state index is 13.9. The van der Waals surface area contributed by atoms with Gasteiger partial charge in [-0.1, -0.05) is 36.9 Å². The Morgan fingerprint density at radius 3 is 2.43 bits per heavy atom. The molecule has 1 saturated carbocycles. The van der Waals surface area contributed by atoms with Crippen molar-refractivity contribution in [1.29, 1.82) is 0 Å². The normalized spacial score (nSPS) is 20.5. The van der Waals surface area contributed by atoms with Gasteiger partial charge in [0, 0.05) is 74.1 Å². The van der Waals surface area contributed by atoms with Crippen LogP contribution in [0, 0.1) is 23.7 Å². The number of rotatable bonds is 13. The number of hydrogen-bond acceptors (Lipinski definition) is 7. The van der Waals surface area contributed by atoms with Crippen LogP contribution in [0.25, 0.3) is 10.9 Å². The van der Waals surface area contributed by atoms with E-state index in [9.17, 15) is 14.4 Å². The average molecular weight is 766 g/mol. The molecule has 0 bridgehead atoms. The van der Waals surface area contributed by atoms with Crippen molar-refractivity contribution in [2.24, 2.45) is 23.7 Å². The van der Waals surface area contributed by atoms with E-state index < -0.39 is 5.92 Å². The molecule has 13 heteroatoms. The lowest BCUT2D eigenvalue weighted by molar-refractivity contribution is -0.138. The van der Waals surface area contributed by atoms with E-state index in [2.05, 4.69) is 15.6 Å². The molecule has 12 nitrogen and oxygen atoms in total. The third-order valence-corrected chi connectivity index (χ3v) is 11.0. The van der Waals surface area contributed by atoms with Gasteiger partial charge in [0.1, 0.15) is 0 Å². The van der Waals surface area contributed by atoms with Gasteiger partial charge in [-0.15, -0.1) is 0 Å². The van der Waals surface area contributed by atoms with Gasteiger partial charge < -0.3 is 39.6 Å². The summed E-state index contributed by atoms with van der Waals surface area (Å²) in [7, 11) is 3.12. The molecule has 6 rings (SSSR count). The summed E-state index contributed by atoms with van der Waals surface area (Å²) >= 11 is 6.18. The molecule has 2 saturated heterocycles. The summed E-state index contributed by atoms with van der Waals surface area (Å²) in [6, 6.07) is 10.8. The molecule has 2 aliphatic heterocycles. The van der Waals surface area contributed by atoms with Crippen LogP contribution in [0.4, 0.5) is 0 Å². The average Bonchev–Trinajstić information content (AvgIpc) is 3.79. The zero-order valence-electron chi connectivity index (χ0n) is 32.2. The number of likely N-dealkylation sites (tertiary alicyclic amines) is 2. The Hall–Kier alpha value is -4.29. The van der Waals surface area contributed by atoms with Crippen LogP contribution in [0.15, 0.2) is 42.6 Å². The number of aromatic nitrogens is 1. The Balaban J connectivity index is 0.00000133. The first-order valence-corrected chi connectivity index (χ1v) is 19.6. The number of amides is 4. The Morgan fingerprint density at radius 1 is 0.981 bits per heavy atom. The van der Waals surface area contributed by atoms with E-state index in [0.717, 1.165) is 23.1 Å². The van der Waals surface area contributed by atoms with Crippen molar-refractivity contribution in [3.05, 3.63) is 58.7 Å². The molecule has 3 N–H and O–H groups in total. The molecule has 4 atom stereocenters. The monoisotopic (exact) mass is 765 g/mol. The molecule has 3 aromatic rings. The topological polar surface area (TPSA) is 142 Å². The fourth-order valence-corrected chi connectivity index (χ4v) is 8.10. The molecule has 3 fully saturated rings. The molecule has 2 aromatic carbocycles. The van der Waals surface area contributed by atoms with Gasteiger partial charge >= 0.3 is 0 Å². The lowest BCUT2D eigenvalue weighted by Crippen LogP contribution is -2.54. The van der Waals surface area contributed by atoms with E-state index in [4.69, 9.17) is 30.6 Å². The van der Waals surface area contributed by atoms with Gasteiger partial charge in [-0.25, -0.2) is 0 Å². The van der Waals surface area contributed by atoms with Crippen LogP contribution in [0.5, 0.6) is 11.5 Å². The first-order chi connectivity index (χ1) is 26.0. The number of methoxy groups -OCH3 is 1. The maximum Gasteiger partial charge on any atom is 0.254 e. The van der Waals surface area contributed by atoms with Gasteiger partial charge in [-0.05, 0) is 87.3 Å². The molecule has 54 heavy (non-hydrogen) atoms. The molecule has 0 spiro atoms. The number of carbonyl (C=O) groups is 4. The van der Waals surface area contributed by atoms with Crippen LogP contribution in [0.2, 0.25) is 5.02 Å². The molecular formula is C41H56ClN5O7. The molecule has 0 radical (unpaired) electrons. The van der Waals surface area contributed by atoms with E-state index in [0.29, 0.717) is 67.1 Å². The number of piperidine rings is 1. The third-order valence-electron chi connectivity index (χ3n) is 10.7. The molecular weight excluding hydrogens is 710 g/mol. The van der Waals surface area contributed by atoms with Crippen molar-refractivity contribution in [1.82, 2.24) is 25.4 Å². The highest BCUT2D eigenvalue weighted by Crippen LogP contribution is 2.38. The SMILES string of the molecule is CNC=O.COc1cc(C(=O)N2CC3CN(C(=O)Cc4c[nH]c5cc(Cl)ccc45)CC(C(=O)NC[C@@H](C)OCC4CCCCC4)C3C2)ccc1OC(C)C. The first-order valence-electron chi connectivity index (χ1n) is 19.2. The van der Waals surface area contributed by atoms with Crippen LogP contribution in [-0.4, -0.2) is 105 Å². The predicted octanol–water partition coefficient (Wildman–Crippen LogP) is 5.47. The third kappa shape index (κ3) is 10.5. The number of nitrogens with one attached hydrogen (secondary N) is 3. The number of fused-ring (bicyclic) bond motifs is 2. The van der Waals surface area contributed by atoms with Crippen molar-refractivity contribution >= 4 is 46.6 Å². The first kappa shape index (κ1) is 40.9.